The maximum absolute atomic E-state index is 13.1. The molecule has 2 N–H and O–H groups in total. The van der Waals surface area contributed by atoms with Gasteiger partial charge in [-0.05, 0) is 56.3 Å². The monoisotopic (exact) mass is 484 g/mol. The number of carbonyl (C=O) groups excluding carboxylic acids is 1. The van der Waals surface area contributed by atoms with Crippen molar-refractivity contribution in [3.8, 4) is 22.2 Å². The number of amides is 2. The van der Waals surface area contributed by atoms with Crippen LogP contribution in [0.5, 0.6) is 11.5 Å². The number of nitrogens with zero attached hydrogens (tertiary/aromatic N) is 3. The molecule has 0 aliphatic carbocycles. The zero-order valence-corrected chi connectivity index (χ0v) is 20.4. The van der Waals surface area contributed by atoms with E-state index in [2.05, 4.69) is 15.5 Å². The summed E-state index contributed by atoms with van der Waals surface area (Å²) in [5.74, 6) is 1.11. The normalized spacial score (nSPS) is 16.3. The Kier molecular flexibility index (Phi) is 7.18. The zero-order chi connectivity index (χ0) is 24.2. The number of urea groups is 1. The number of methoxy groups -OCH3 is 1. The fourth-order valence-corrected chi connectivity index (χ4v) is 4.49. The highest BCUT2D eigenvalue weighted by atomic mass is 32.1. The largest absolute Gasteiger partial charge is 0.504 e. The molecule has 0 saturated heterocycles. The third kappa shape index (κ3) is 4.92. The number of phenolic OH excluding ortho intramolecular Hbond substituents is 1. The van der Waals surface area contributed by atoms with Crippen LogP contribution in [0.25, 0.3) is 16.3 Å². The number of hydrogen-bond donors (Lipinski definition) is 2. The summed E-state index contributed by atoms with van der Waals surface area (Å²) < 4.78 is 16.5. The lowest BCUT2D eigenvalue weighted by molar-refractivity contribution is 0.0736. The van der Waals surface area contributed by atoms with Crippen LogP contribution in [0, 0.1) is 0 Å². The number of phenols is 1. The van der Waals surface area contributed by atoms with Gasteiger partial charge in [-0.15, -0.1) is 11.3 Å². The second-order valence-electron chi connectivity index (χ2n) is 8.14. The lowest BCUT2D eigenvalue weighted by Crippen LogP contribution is -2.46. The summed E-state index contributed by atoms with van der Waals surface area (Å²) in [6.45, 7) is 6.84. The predicted molar refractivity (Wildman–Crippen MR) is 129 cm³/mol. The average molecular weight is 485 g/mol. The molecular formula is C24H28N4O5S. The third-order valence-corrected chi connectivity index (χ3v) is 6.37. The van der Waals surface area contributed by atoms with Crippen LogP contribution in [-0.4, -0.2) is 52.5 Å². The molecule has 0 spiro atoms. The number of nitrogens with one attached hydrogen (secondary N) is 1. The van der Waals surface area contributed by atoms with Crippen LogP contribution in [0.15, 0.2) is 45.9 Å². The molecule has 34 heavy (non-hydrogen) atoms. The number of thiophene rings is 1. The molecular weight excluding hydrogens is 456 g/mol. The topological polar surface area (TPSA) is 110 Å². The minimum Gasteiger partial charge on any atom is -0.504 e. The summed E-state index contributed by atoms with van der Waals surface area (Å²) >= 11 is 1.51. The number of allylic oxidation sites excluding steroid dienone is 1. The first-order chi connectivity index (χ1) is 16.4. The number of rotatable bonds is 9. The Bertz CT molecular complexity index is 1170. The van der Waals surface area contributed by atoms with Crippen molar-refractivity contribution in [2.24, 2.45) is 0 Å². The van der Waals surface area contributed by atoms with E-state index in [1.165, 1.54) is 18.4 Å². The van der Waals surface area contributed by atoms with Gasteiger partial charge in [-0.25, -0.2) is 4.79 Å². The molecule has 3 heterocycles. The van der Waals surface area contributed by atoms with Crippen LogP contribution in [0.3, 0.4) is 0 Å². The van der Waals surface area contributed by atoms with Gasteiger partial charge in [-0.2, -0.15) is 4.98 Å². The van der Waals surface area contributed by atoms with Gasteiger partial charge in [0.05, 0.1) is 29.7 Å². The quantitative estimate of drug-likeness (QED) is 0.419. The fraction of sp³-hybridized carbons (Fsp3) is 0.375. The Morgan fingerprint density at radius 2 is 2.15 bits per heavy atom. The van der Waals surface area contributed by atoms with Gasteiger partial charge in [-0.3, -0.25) is 4.90 Å². The van der Waals surface area contributed by atoms with E-state index in [9.17, 15) is 9.90 Å². The minimum atomic E-state index is -0.593. The molecule has 9 nitrogen and oxygen atoms in total. The fourth-order valence-electron chi connectivity index (χ4n) is 3.84. The first-order valence-corrected chi connectivity index (χ1v) is 11.9. The third-order valence-electron chi connectivity index (χ3n) is 5.51. The van der Waals surface area contributed by atoms with E-state index >= 15 is 0 Å². The molecule has 2 aromatic heterocycles. The molecule has 0 bridgehead atoms. The number of hydrogen-bond acceptors (Lipinski definition) is 8. The van der Waals surface area contributed by atoms with Gasteiger partial charge in [0, 0.05) is 18.8 Å². The summed E-state index contributed by atoms with van der Waals surface area (Å²) in [4.78, 5) is 20.2. The van der Waals surface area contributed by atoms with Crippen LogP contribution in [0.4, 0.5) is 4.79 Å². The van der Waals surface area contributed by atoms with Crippen LogP contribution in [-0.2, 0) is 4.74 Å². The zero-order valence-electron chi connectivity index (χ0n) is 19.6. The van der Waals surface area contributed by atoms with Gasteiger partial charge in [0.25, 0.3) is 5.89 Å². The number of aromatic nitrogens is 2. The lowest BCUT2D eigenvalue weighted by atomic mass is 9.94. The van der Waals surface area contributed by atoms with E-state index in [0.29, 0.717) is 53.9 Å². The second-order valence-corrected chi connectivity index (χ2v) is 9.09. The molecule has 1 aromatic carbocycles. The molecule has 1 atom stereocenters. The molecule has 1 unspecified atom stereocenters. The summed E-state index contributed by atoms with van der Waals surface area (Å²) in [6.07, 6.45) is 0.803. The van der Waals surface area contributed by atoms with E-state index in [4.69, 9.17) is 14.0 Å². The molecule has 0 radical (unpaired) electrons. The van der Waals surface area contributed by atoms with Crippen molar-refractivity contribution in [1.29, 1.82) is 0 Å². The van der Waals surface area contributed by atoms with Crippen LogP contribution in [0.1, 0.15) is 44.7 Å². The second kappa shape index (κ2) is 10.3. The molecule has 0 saturated carbocycles. The molecule has 1 aliphatic heterocycles. The van der Waals surface area contributed by atoms with E-state index in [-0.39, 0.29) is 17.9 Å². The first-order valence-electron chi connectivity index (χ1n) is 11.0. The van der Waals surface area contributed by atoms with E-state index in [1.807, 2.05) is 38.3 Å². The van der Waals surface area contributed by atoms with Crippen LogP contribution < -0.4 is 10.1 Å². The molecule has 1 aliphatic rings. The van der Waals surface area contributed by atoms with Gasteiger partial charge in [-0.1, -0.05) is 17.3 Å². The predicted octanol–water partition coefficient (Wildman–Crippen LogP) is 4.82. The maximum atomic E-state index is 13.1. The van der Waals surface area contributed by atoms with Crippen molar-refractivity contribution in [3.05, 3.63) is 52.9 Å². The molecule has 2 amide bonds. The van der Waals surface area contributed by atoms with Gasteiger partial charge in [0.1, 0.15) is 0 Å². The van der Waals surface area contributed by atoms with Crippen molar-refractivity contribution >= 4 is 22.9 Å². The maximum Gasteiger partial charge on any atom is 0.322 e. The summed E-state index contributed by atoms with van der Waals surface area (Å²) in [5.41, 5.74) is 2.04. The van der Waals surface area contributed by atoms with Crippen molar-refractivity contribution in [3.63, 3.8) is 0 Å². The van der Waals surface area contributed by atoms with Crippen LogP contribution >= 0.6 is 11.3 Å². The molecule has 180 valence electrons. The van der Waals surface area contributed by atoms with Crippen molar-refractivity contribution in [1.82, 2.24) is 20.4 Å². The van der Waals surface area contributed by atoms with E-state index < -0.39 is 6.04 Å². The molecule has 0 fully saturated rings. The lowest BCUT2D eigenvalue weighted by Gasteiger charge is -2.35. The van der Waals surface area contributed by atoms with E-state index in [1.54, 1.807) is 23.1 Å². The van der Waals surface area contributed by atoms with Crippen LogP contribution in [0.2, 0.25) is 0 Å². The minimum absolute atomic E-state index is 0.0238. The van der Waals surface area contributed by atoms with E-state index in [0.717, 1.165) is 4.88 Å². The standard InChI is InChI=1S/C24H28N4O5S/c1-14(2)32-11-6-10-28-15(3)20(23-26-22(27-33-23)19-7-5-12-34-19)21(25-24(28)30)16-8-9-18(31-4)17(29)13-16/h5,7-9,12-14,21,29H,6,10-11H2,1-4H3,(H,25,30). The van der Waals surface area contributed by atoms with Gasteiger partial charge >= 0.3 is 6.03 Å². The highest BCUT2D eigenvalue weighted by molar-refractivity contribution is 7.13. The molecule has 3 aromatic rings. The summed E-state index contributed by atoms with van der Waals surface area (Å²) in [7, 11) is 1.48. The van der Waals surface area contributed by atoms with Crippen molar-refractivity contribution in [2.45, 2.75) is 39.3 Å². The number of benzene rings is 1. The van der Waals surface area contributed by atoms with Gasteiger partial charge < -0.3 is 24.4 Å². The highest BCUT2D eigenvalue weighted by Gasteiger charge is 2.36. The highest BCUT2D eigenvalue weighted by Crippen LogP contribution is 2.40. The Balaban J connectivity index is 1.72. The Hall–Kier alpha value is -3.37. The first kappa shape index (κ1) is 23.8. The molecule has 4 rings (SSSR count). The Labute approximate surface area is 202 Å². The Morgan fingerprint density at radius 1 is 1.32 bits per heavy atom. The smallest absolute Gasteiger partial charge is 0.322 e. The average Bonchev–Trinajstić information content (AvgIpc) is 3.50. The number of carbonyl (C=O) groups is 1. The number of aromatic hydroxyl groups is 1. The summed E-state index contributed by atoms with van der Waals surface area (Å²) in [5, 5.41) is 19.5. The Morgan fingerprint density at radius 3 is 2.82 bits per heavy atom. The van der Waals surface area contributed by atoms with Crippen molar-refractivity contribution < 1.29 is 23.9 Å². The number of ether oxygens (including phenoxy) is 2. The van der Waals surface area contributed by atoms with Crippen molar-refractivity contribution in [2.75, 3.05) is 20.3 Å². The SMILES string of the molecule is COc1ccc(C2NC(=O)N(CCCOC(C)C)C(C)=C2c2nc(-c3cccs3)no2)cc1O. The van der Waals surface area contributed by atoms with Gasteiger partial charge in [0.2, 0.25) is 5.82 Å². The molecule has 10 heteroatoms. The van der Waals surface area contributed by atoms with Gasteiger partial charge in [0.15, 0.2) is 11.5 Å². The summed E-state index contributed by atoms with van der Waals surface area (Å²) in [6, 6.07) is 8.02.